The van der Waals surface area contributed by atoms with E-state index in [2.05, 4.69) is 110 Å². The molecule has 0 amide bonds. The van der Waals surface area contributed by atoms with Crippen molar-refractivity contribution in [2.45, 2.75) is 170 Å². The highest BCUT2D eigenvalue weighted by molar-refractivity contribution is 6.06. The zero-order chi connectivity index (χ0) is 62.0. The Labute approximate surface area is 532 Å². The minimum Gasteiger partial charge on any atom is -0.377 e. The maximum Gasteiger partial charge on any atom is 0.164 e. The van der Waals surface area contributed by atoms with Crippen molar-refractivity contribution in [2.75, 3.05) is 75.7 Å². The Balaban J connectivity index is 1.30. The average molecular weight is 1220 g/mol. The molecule has 5 aromatic heterocycles. The van der Waals surface area contributed by atoms with Gasteiger partial charge in [-0.25, -0.2) is 29.9 Å². The quantitative estimate of drug-likeness (QED) is 0.0655. The first-order chi connectivity index (χ1) is 44.4. The number of rotatable bonds is 22. The lowest BCUT2D eigenvalue weighted by Crippen LogP contribution is -2.32. The van der Waals surface area contributed by atoms with E-state index in [1.807, 2.05) is 36.7 Å². The highest BCUT2D eigenvalue weighted by Gasteiger charge is 2.30. The number of benzene rings is 3. The summed E-state index contributed by atoms with van der Waals surface area (Å²) < 4.78 is 24.9. The van der Waals surface area contributed by atoms with E-state index in [9.17, 15) is 0 Å². The van der Waals surface area contributed by atoms with Crippen LogP contribution in [0.2, 0.25) is 0 Å². The van der Waals surface area contributed by atoms with Gasteiger partial charge in [0.1, 0.15) is 22.7 Å². The summed E-state index contributed by atoms with van der Waals surface area (Å²) in [7, 11) is 0. The van der Waals surface area contributed by atoms with Crippen LogP contribution in [-0.2, 0) is 70.6 Å². The van der Waals surface area contributed by atoms with E-state index in [-0.39, 0.29) is 0 Å². The molecule has 0 unspecified atom stereocenters. The predicted octanol–water partition coefficient (Wildman–Crippen LogP) is 15.7. The average Bonchev–Trinajstić information content (AvgIpc) is 1.69. The Morgan fingerprint density at radius 2 is 0.667 bits per heavy atom. The largest absolute Gasteiger partial charge is 0.377 e. The number of anilines is 2. The molecular weight excluding hydrogens is 1120 g/mol. The molecule has 0 radical (unpaired) electrons. The van der Waals surface area contributed by atoms with Crippen molar-refractivity contribution in [3.05, 3.63) is 130 Å². The number of unbranched alkanes of at least 4 members (excludes halogenated alkanes) is 6. The van der Waals surface area contributed by atoms with Gasteiger partial charge in [0.2, 0.25) is 0 Å². The van der Waals surface area contributed by atoms with Crippen LogP contribution in [0.4, 0.5) is 11.4 Å². The van der Waals surface area contributed by atoms with Crippen LogP contribution in [-0.4, -0.2) is 116 Å². The van der Waals surface area contributed by atoms with Gasteiger partial charge in [0.25, 0.3) is 0 Å². The van der Waals surface area contributed by atoms with E-state index in [0.29, 0.717) is 125 Å². The highest BCUT2D eigenvalue weighted by Crippen LogP contribution is 2.44. The fraction of sp³-hybridized carbons (Fsp3) is 0.486. The summed E-state index contributed by atoms with van der Waals surface area (Å²) in [5, 5.41) is 1.99. The van der Waals surface area contributed by atoms with Gasteiger partial charge in [-0.05, 0) is 171 Å². The number of aromatic nitrogens is 10. The van der Waals surface area contributed by atoms with Crippen molar-refractivity contribution in [1.82, 2.24) is 49.8 Å². The van der Waals surface area contributed by atoms with Crippen molar-refractivity contribution in [1.29, 1.82) is 0 Å². The fourth-order valence-corrected chi connectivity index (χ4v) is 12.7. The number of aromatic amines is 2. The third-order valence-electron chi connectivity index (χ3n) is 17.6. The van der Waals surface area contributed by atoms with E-state index in [1.54, 1.807) is 0 Å². The van der Waals surface area contributed by atoms with E-state index < -0.39 is 0 Å². The first kappa shape index (κ1) is 64.0. The predicted molar refractivity (Wildman–Crippen MR) is 364 cm³/mol. The third-order valence-corrected chi connectivity index (χ3v) is 17.6. The summed E-state index contributed by atoms with van der Waals surface area (Å²) in [5.41, 5.74) is 18.0. The molecule has 0 saturated heterocycles. The minimum absolute atomic E-state index is 0.393. The zero-order valence-electron chi connectivity index (χ0n) is 54.4. The number of nitrogens with one attached hydrogen (secondary N) is 2. The standard InChI is InChI=1S/C74H94N12O4/c1-7-13-23-51-43-59-60(44-52(51)24-14-8-2)68-77-67(59)78-69-61-45-53(25-15-9-3)55(27-17-11-5)47-63(61)71(80-69)82-73-65-66(74(84-73)83-72-64-48-56(28-18-12-6)54(26-16-10-4)46-62(64)70(79-68)81-72)86(50-58-30-20-22-32-76-58)34-36-88-38-40-90-42-41-89-39-37-87-35-33-85(65)49-57-29-19-21-31-75-57/h19-22,29-32,43-48H,7-18,23-28,33-42,49-50H2,1-6H3,(H2,77,78,79,80,81,82,83,84). The maximum absolute atomic E-state index is 6.47. The van der Waals surface area contributed by atoms with E-state index >= 15 is 0 Å². The van der Waals surface area contributed by atoms with Crippen LogP contribution in [0.15, 0.2) is 85.2 Å². The van der Waals surface area contributed by atoms with E-state index in [0.717, 1.165) is 171 Å². The molecule has 0 spiro atoms. The van der Waals surface area contributed by atoms with Gasteiger partial charge in [0, 0.05) is 58.5 Å². The van der Waals surface area contributed by atoms with Crippen LogP contribution in [0.3, 0.4) is 0 Å². The van der Waals surface area contributed by atoms with Crippen LogP contribution in [0.25, 0.3) is 78.9 Å². The van der Waals surface area contributed by atoms with Crippen molar-refractivity contribution < 1.29 is 18.9 Å². The van der Waals surface area contributed by atoms with Crippen molar-refractivity contribution in [3.8, 4) is 45.6 Å². The monoisotopic (exact) mass is 1210 g/mol. The number of pyridine rings is 2. The second-order valence-electron chi connectivity index (χ2n) is 24.4. The van der Waals surface area contributed by atoms with Gasteiger partial charge in [0.15, 0.2) is 34.6 Å². The Bertz CT molecular complexity index is 3830. The molecule has 3 aromatic carbocycles. The molecule has 16 nitrogen and oxygen atoms in total. The van der Waals surface area contributed by atoms with Crippen LogP contribution >= 0.6 is 0 Å². The molecule has 2 N–H and O–H groups in total. The van der Waals surface area contributed by atoms with Gasteiger partial charge in [-0.2, -0.15) is 0 Å². The molecule has 0 saturated carbocycles. The number of H-pyrrole nitrogens is 2. The Morgan fingerprint density at radius 3 is 1.02 bits per heavy atom. The summed E-state index contributed by atoms with van der Waals surface area (Å²) in [6.45, 7) is 18.9. The molecular formula is C74H94N12O4. The Morgan fingerprint density at radius 1 is 0.356 bits per heavy atom. The fourth-order valence-electron chi connectivity index (χ4n) is 12.7. The first-order valence-corrected chi connectivity index (χ1v) is 34.0. The van der Waals surface area contributed by atoms with Crippen LogP contribution < -0.4 is 9.80 Å². The number of aryl methyl sites for hydroxylation is 6. The number of hydrogen-bond donors (Lipinski definition) is 2. The Kier molecular flexibility index (Phi) is 22.8. The molecule has 0 atom stereocenters. The molecule has 11 rings (SSSR count). The summed E-state index contributed by atoms with van der Waals surface area (Å²) >= 11 is 0. The highest BCUT2D eigenvalue weighted by atomic mass is 16.6. The zero-order valence-corrected chi connectivity index (χ0v) is 54.4. The van der Waals surface area contributed by atoms with Gasteiger partial charge in [-0.15, -0.1) is 0 Å². The number of hydrogen-bond acceptors (Lipinski definition) is 14. The lowest BCUT2D eigenvalue weighted by Gasteiger charge is -2.30. The van der Waals surface area contributed by atoms with Crippen LogP contribution in [0.5, 0.6) is 0 Å². The topological polar surface area (TPSA) is 178 Å². The second kappa shape index (κ2) is 32.0. The van der Waals surface area contributed by atoms with Gasteiger partial charge >= 0.3 is 0 Å². The molecule has 0 aliphatic carbocycles. The van der Waals surface area contributed by atoms with Crippen LogP contribution in [0.1, 0.15) is 163 Å². The second-order valence-corrected chi connectivity index (χ2v) is 24.4. The summed E-state index contributed by atoms with van der Waals surface area (Å²) in [6.07, 6.45) is 22.6. The molecule has 474 valence electrons. The molecule has 0 fully saturated rings. The SMILES string of the molecule is CCCCc1cc2c(cc1CCCC)-c1nc-2nc2nc(nc3[nH]c(nc4[nH]c(n1)c1c4N(Cc4ccccn4)CCOCCOCCOCCOCCN1Cc1ccccn1)c1cc(CCCC)c(CCCC)cc31)-c1cc(CCCC)c(CCCC)cc1-2. The number of nitrogens with zero attached hydrogens (tertiary/aromatic N) is 10. The summed E-state index contributed by atoms with van der Waals surface area (Å²) in [6, 6.07) is 26.5. The molecule has 8 aromatic rings. The van der Waals surface area contributed by atoms with Crippen molar-refractivity contribution >= 4 is 44.7 Å². The molecule has 3 aliphatic rings. The molecule has 16 heteroatoms. The van der Waals surface area contributed by atoms with Gasteiger partial charge in [-0.1, -0.05) is 92.2 Å². The number of ether oxygens (including phenoxy) is 4. The minimum atomic E-state index is 0.393. The van der Waals surface area contributed by atoms with Crippen molar-refractivity contribution in [3.63, 3.8) is 0 Å². The van der Waals surface area contributed by atoms with Crippen molar-refractivity contribution in [2.24, 2.45) is 0 Å². The third kappa shape index (κ3) is 15.4. The lowest BCUT2D eigenvalue weighted by atomic mass is 9.92. The smallest absolute Gasteiger partial charge is 0.164 e. The maximum atomic E-state index is 6.47. The summed E-state index contributed by atoms with van der Waals surface area (Å²) in [5.74, 6) is 2.39. The molecule has 90 heavy (non-hydrogen) atoms. The summed E-state index contributed by atoms with van der Waals surface area (Å²) in [4.78, 5) is 56.8. The lowest BCUT2D eigenvalue weighted by molar-refractivity contribution is -0.000477. The van der Waals surface area contributed by atoms with Crippen LogP contribution in [0, 0.1) is 0 Å². The molecule has 8 heterocycles. The Hall–Kier alpha value is -7.50. The normalized spacial score (nSPS) is 14.3. The van der Waals surface area contributed by atoms with Gasteiger partial charge in [0.05, 0.1) is 77.3 Å². The first-order valence-electron chi connectivity index (χ1n) is 34.0. The van der Waals surface area contributed by atoms with Gasteiger partial charge in [-0.3, -0.25) is 9.97 Å². The van der Waals surface area contributed by atoms with Gasteiger partial charge < -0.3 is 38.7 Å². The van der Waals surface area contributed by atoms with E-state index in [4.69, 9.17) is 58.8 Å². The van der Waals surface area contributed by atoms with E-state index in [1.165, 1.54) is 33.4 Å². The molecule has 8 bridgehead atoms. The number of fused-ring (bicyclic) bond motifs is 20. The molecule has 3 aliphatic heterocycles.